The van der Waals surface area contributed by atoms with Crippen LogP contribution in [0, 0.1) is 5.82 Å². The maximum absolute atomic E-state index is 14.8. The summed E-state index contributed by atoms with van der Waals surface area (Å²) in [5.41, 5.74) is 7.18. The highest BCUT2D eigenvalue weighted by molar-refractivity contribution is 6.00. The molecule has 0 aliphatic carbocycles. The molecule has 46 heavy (non-hydrogen) atoms. The molecule has 3 N–H and O–H groups in total. The number of benzene rings is 1. The molecular weight excluding hydrogens is 583 g/mol. The Morgan fingerprint density at radius 1 is 1.00 bits per heavy atom. The van der Waals surface area contributed by atoms with Gasteiger partial charge in [0.1, 0.15) is 29.4 Å². The van der Waals surface area contributed by atoms with Crippen LogP contribution in [0.4, 0.5) is 10.1 Å². The number of rotatable bonds is 11. The number of carbonyl (C=O) groups excluding carboxylic acids is 1. The third kappa shape index (κ3) is 6.32. The summed E-state index contributed by atoms with van der Waals surface area (Å²) < 4.78 is 20.8. The van der Waals surface area contributed by atoms with E-state index in [1.807, 2.05) is 30.3 Å². The number of carbonyl (C=O) groups is 1. The van der Waals surface area contributed by atoms with Crippen molar-refractivity contribution in [3.63, 3.8) is 0 Å². The summed E-state index contributed by atoms with van der Waals surface area (Å²) in [6.07, 6.45) is 11.5. The first kappa shape index (κ1) is 29.5. The molecule has 0 saturated carbocycles. The number of likely N-dealkylation sites (tertiary alicyclic amines) is 1. The molecule has 0 atom stereocenters. The fourth-order valence-corrected chi connectivity index (χ4v) is 5.97. The van der Waals surface area contributed by atoms with Crippen molar-refractivity contribution in [1.29, 1.82) is 0 Å². The van der Waals surface area contributed by atoms with E-state index in [4.69, 9.17) is 9.72 Å². The van der Waals surface area contributed by atoms with Crippen molar-refractivity contribution in [2.45, 2.75) is 39.0 Å². The zero-order valence-corrected chi connectivity index (χ0v) is 25.6. The number of pyridine rings is 3. The molecule has 1 aliphatic rings. The van der Waals surface area contributed by atoms with Gasteiger partial charge in [0.05, 0.1) is 40.5 Å². The summed E-state index contributed by atoms with van der Waals surface area (Å²) in [6.45, 7) is 5.57. The molecule has 1 amide bonds. The van der Waals surface area contributed by atoms with E-state index < -0.39 is 0 Å². The number of aromatic nitrogens is 6. The number of halogens is 1. The van der Waals surface area contributed by atoms with Crippen molar-refractivity contribution in [3.05, 3.63) is 73.1 Å². The Hall–Kier alpha value is -5.16. The maximum Gasteiger partial charge on any atom is 0.224 e. The molecule has 6 heterocycles. The largest absolute Gasteiger partial charge is 0.492 e. The molecular formula is C35H35FN8O2. The van der Waals surface area contributed by atoms with E-state index in [0.29, 0.717) is 46.9 Å². The second-order valence-corrected chi connectivity index (χ2v) is 11.7. The minimum absolute atomic E-state index is 0.0338. The summed E-state index contributed by atoms with van der Waals surface area (Å²) in [7, 11) is 0. The van der Waals surface area contributed by atoms with E-state index in [9.17, 15) is 9.18 Å². The molecule has 10 nitrogen and oxygen atoms in total. The van der Waals surface area contributed by atoms with Crippen LogP contribution in [-0.4, -0.2) is 67.2 Å². The molecule has 5 aromatic heterocycles. The zero-order valence-electron chi connectivity index (χ0n) is 25.6. The van der Waals surface area contributed by atoms with Gasteiger partial charge in [-0.3, -0.25) is 24.8 Å². The predicted molar refractivity (Wildman–Crippen MR) is 177 cm³/mol. The lowest BCUT2D eigenvalue weighted by Crippen LogP contribution is -2.25. The number of unbranched alkanes of at least 4 members (excludes halogenated alkanes) is 1. The average molecular weight is 619 g/mol. The van der Waals surface area contributed by atoms with Crippen molar-refractivity contribution in [3.8, 4) is 39.5 Å². The summed E-state index contributed by atoms with van der Waals surface area (Å²) in [4.78, 5) is 31.8. The standard InChI is InChI=1S/C35H35FN8O2/c1-2-3-6-33(45)39-25-14-23(18-37-19-25)29-7-8-30-34(41-29)35(43-42-30)31-17-27-28(20-38-21-32(27)40-31)22-13-24(36)16-26(15-22)46-12-11-44-9-4-5-10-44/h7-8,13-21,40H,2-6,9-12H2,1H3,(H,39,45)(H,42,43). The Morgan fingerprint density at radius 2 is 1.87 bits per heavy atom. The van der Waals surface area contributed by atoms with Gasteiger partial charge < -0.3 is 15.0 Å². The molecule has 6 aromatic rings. The summed E-state index contributed by atoms with van der Waals surface area (Å²) >= 11 is 0. The van der Waals surface area contributed by atoms with Crippen molar-refractivity contribution in [1.82, 2.24) is 35.0 Å². The van der Waals surface area contributed by atoms with E-state index in [2.05, 4.69) is 42.3 Å². The van der Waals surface area contributed by atoms with E-state index in [1.165, 1.54) is 25.0 Å². The lowest BCUT2D eigenvalue weighted by atomic mass is 10.0. The van der Waals surface area contributed by atoms with Crippen LogP contribution in [0.2, 0.25) is 0 Å². The van der Waals surface area contributed by atoms with Crippen molar-refractivity contribution in [2.24, 2.45) is 0 Å². The number of nitrogens with one attached hydrogen (secondary N) is 3. The predicted octanol–water partition coefficient (Wildman–Crippen LogP) is 6.97. The number of hydrogen-bond donors (Lipinski definition) is 3. The Labute approximate surface area is 265 Å². The highest BCUT2D eigenvalue weighted by Gasteiger charge is 2.17. The smallest absolute Gasteiger partial charge is 0.224 e. The molecule has 7 rings (SSSR count). The summed E-state index contributed by atoms with van der Waals surface area (Å²) in [5.74, 6) is 0.0973. The summed E-state index contributed by atoms with van der Waals surface area (Å²) in [5, 5.41) is 11.5. The van der Waals surface area contributed by atoms with Crippen LogP contribution in [0.3, 0.4) is 0 Å². The number of ether oxygens (including phenoxy) is 1. The van der Waals surface area contributed by atoms with E-state index in [-0.39, 0.29) is 11.7 Å². The molecule has 1 aliphatic heterocycles. The van der Waals surface area contributed by atoms with Gasteiger partial charge in [-0.2, -0.15) is 5.10 Å². The number of hydrogen-bond acceptors (Lipinski definition) is 7. The maximum atomic E-state index is 14.8. The van der Waals surface area contributed by atoms with E-state index in [0.717, 1.165) is 65.7 Å². The minimum atomic E-state index is -0.365. The molecule has 11 heteroatoms. The van der Waals surface area contributed by atoms with Crippen molar-refractivity contribution in [2.75, 3.05) is 31.6 Å². The highest BCUT2D eigenvalue weighted by atomic mass is 19.1. The highest BCUT2D eigenvalue weighted by Crippen LogP contribution is 2.35. The number of amides is 1. The van der Waals surface area contributed by atoms with Crippen LogP contribution in [0.25, 0.3) is 55.7 Å². The topological polar surface area (TPSA) is 125 Å². The van der Waals surface area contributed by atoms with Gasteiger partial charge in [0.2, 0.25) is 5.91 Å². The fourth-order valence-electron chi connectivity index (χ4n) is 5.97. The van der Waals surface area contributed by atoms with Crippen molar-refractivity contribution < 1.29 is 13.9 Å². The van der Waals surface area contributed by atoms with Gasteiger partial charge in [-0.25, -0.2) is 9.37 Å². The number of fused-ring (bicyclic) bond motifs is 2. The first-order valence-electron chi connectivity index (χ1n) is 15.8. The lowest BCUT2D eigenvalue weighted by Gasteiger charge is -2.15. The van der Waals surface area contributed by atoms with Crippen LogP contribution < -0.4 is 10.1 Å². The molecule has 0 spiro atoms. The first-order chi connectivity index (χ1) is 22.5. The number of H-pyrrole nitrogens is 2. The second kappa shape index (κ2) is 13.1. The molecule has 1 fully saturated rings. The lowest BCUT2D eigenvalue weighted by molar-refractivity contribution is -0.116. The minimum Gasteiger partial charge on any atom is -0.492 e. The van der Waals surface area contributed by atoms with Gasteiger partial charge in [0.15, 0.2) is 0 Å². The molecule has 0 bridgehead atoms. The average Bonchev–Trinajstić information content (AvgIpc) is 3.83. The van der Waals surface area contributed by atoms with Crippen LogP contribution in [-0.2, 0) is 4.79 Å². The quantitative estimate of drug-likeness (QED) is 0.143. The van der Waals surface area contributed by atoms with Gasteiger partial charge >= 0.3 is 0 Å². The monoisotopic (exact) mass is 618 g/mol. The van der Waals surface area contributed by atoms with E-state index >= 15 is 0 Å². The Kier molecular flexibility index (Phi) is 8.39. The zero-order chi connectivity index (χ0) is 31.5. The van der Waals surface area contributed by atoms with E-state index in [1.54, 1.807) is 24.8 Å². The normalized spacial score (nSPS) is 13.5. The number of nitrogens with zero attached hydrogens (tertiary/aromatic N) is 5. The first-order valence-corrected chi connectivity index (χ1v) is 15.8. The van der Waals surface area contributed by atoms with Crippen molar-refractivity contribution >= 4 is 33.5 Å². The molecule has 0 unspecified atom stereocenters. The van der Waals surface area contributed by atoms with Gasteiger partial charge in [0, 0.05) is 47.9 Å². The fraction of sp³-hybridized carbons (Fsp3) is 0.286. The molecule has 1 aromatic carbocycles. The Morgan fingerprint density at radius 3 is 2.74 bits per heavy atom. The van der Waals surface area contributed by atoms with Gasteiger partial charge in [-0.05, 0) is 74.3 Å². The third-order valence-corrected chi connectivity index (χ3v) is 8.34. The van der Waals surface area contributed by atoms with Crippen LogP contribution in [0.15, 0.2) is 67.3 Å². The van der Waals surface area contributed by atoms with Crippen LogP contribution in [0.5, 0.6) is 5.75 Å². The number of aromatic amines is 2. The number of anilines is 1. The van der Waals surface area contributed by atoms with Crippen LogP contribution in [0.1, 0.15) is 39.0 Å². The van der Waals surface area contributed by atoms with Gasteiger partial charge in [0.25, 0.3) is 0 Å². The summed E-state index contributed by atoms with van der Waals surface area (Å²) in [6, 6.07) is 12.5. The Balaban J connectivity index is 1.17. The third-order valence-electron chi connectivity index (χ3n) is 8.34. The SMILES string of the molecule is CCCCC(=O)Nc1cncc(-c2ccc3[nH]nc(-c4cc5c(-c6cc(F)cc(OCCN7CCCC7)c6)cncc5[nH]4)c3n2)c1. The second-order valence-electron chi connectivity index (χ2n) is 11.7. The van der Waals surface area contributed by atoms with Gasteiger partial charge in [-0.15, -0.1) is 0 Å². The molecule has 1 saturated heterocycles. The molecule has 0 radical (unpaired) electrons. The van der Waals surface area contributed by atoms with Crippen LogP contribution >= 0.6 is 0 Å². The Bertz CT molecular complexity index is 2010. The van der Waals surface area contributed by atoms with Gasteiger partial charge in [-0.1, -0.05) is 13.3 Å². The molecule has 234 valence electrons.